The number of carbonyl (C=O) groups is 1. The predicted molar refractivity (Wildman–Crippen MR) is 80.7 cm³/mol. The fourth-order valence-corrected chi connectivity index (χ4v) is 4.32. The van der Waals surface area contributed by atoms with Crippen LogP contribution in [-0.2, 0) is 10.0 Å². The van der Waals surface area contributed by atoms with E-state index in [0.29, 0.717) is 16.9 Å². The minimum absolute atomic E-state index is 0.00491. The summed E-state index contributed by atoms with van der Waals surface area (Å²) in [4.78, 5) is 11.1. The van der Waals surface area contributed by atoms with E-state index in [1.165, 1.54) is 31.0 Å². The van der Waals surface area contributed by atoms with Gasteiger partial charge in [-0.2, -0.15) is 0 Å². The number of halogens is 1. The summed E-state index contributed by atoms with van der Waals surface area (Å²) >= 11 is 3.11. The molecule has 0 atom stereocenters. The Hall–Kier alpha value is -0.920. The van der Waals surface area contributed by atoms with E-state index in [1.54, 1.807) is 0 Å². The number of aromatic carboxylic acids is 1. The first-order chi connectivity index (χ1) is 9.84. The second-order valence-corrected chi connectivity index (χ2v) is 8.53. The molecule has 2 saturated carbocycles. The molecule has 0 amide bonds. The average Bonchev–Trinajstić information content (AvgIpc) is 3.27. The van der Waals surface area contributed by atoms with Gasteiger partial charge in [0.2, 0.25) is 10.0 Å². The van der Waals surface area contributed by atoms with Crippen molar-refractivity contribution in [1.82, 2.24) is 4.72 Å². The number of hydrogen-bond donors (Lipinski definition) is 2. The van der Waals surface area contributed by atoms with Gasteiger partial charge in [0.05, 0.1) is 10.5 Å². The van der Waals surface area contributed by atoms with Gasteiger partial charge < -0.3 is 5.11 Å². The molecule has 2 aliphatic carbocycles. The molecule has 0 bridgehead atoms. The van der Waals surface area contributed by atoms with Gasteiger partial charge >= 0.3 is 5.97 Å². The molecular weight excluding hydrogens is 358 g/mol. The summed E-state index contributed by atoms with van der Waals surface area (Å²) in [5.74, 6) is -0.490. The molecule has 0 heterocycles. The molecular formula is C14H16BrNO4S. The monoisotopic (exact) mass is 373 g/mol. The zero-order valence-electron chi connectivity index (χ0n) is 11.3. The topological polar surface area (TPSA) is 83.5 Å². The Labute approximate surface area is 131 Å². The average molecular weight is 374 g/mol. The Morgan fingerprint density at radius 2 is 2.05 bits per heavy atom. The van der Waals surface area contributed by atoms with E-state index in [2.05, 4.69) is 20.7 Å². The third-order valence-electron chi connectivity index (χ3n) is 4.43. The highest BCUT2D eigenvalue weighted by atomic mass is 79.9. The Balaban J connectivity index is 1.78. The lowest BCUT2D eigenvalue weighted by molar-refractivity contribution is 0.0695. The second-order valence-electron chi connectivity index (χ2n) is 5.91. The van der Waals surface area contributed by atoms with Crippen LogP contribution in [0, 0.1) is 11.3 Å². The molecule has 0 spiro atoms. The molecule has 0 unspecified atom stereocenters. The molecule has 2 fully saturated rings. The van der Waals surface area contributed by atoms with Crippen molar-refractivity contribution in [3.8, 4) is 0 Å². The van der Waals surface area contributed by atoms with Crippen molar-refractivity contribution >= 4 is 31.9 Å². The smallest absolute Gasteiger partial charge is 0.336 e. The highest BCUT2D eigenvalue weighted by Crippen LogP contribution is 2.60. The van der Waals surface area contributed by atoms with Crippen molar-refractivity contribution in [1.29, 1.82) is 0 Å². The number of benzene rings is 1. The molecule has 0 radical (unpaired) electrons. The molecule has 0 aliphatic heterocycles. The highest BCUT2D eigenvalue weighted by molar-refractivity contribution is 9.10. The Morgan fingerprint density at radius 1 is 1.38 bits per heavy atom. The summed E-state index contributed by atoms with van der Waals surface area (Å²) in [6, 6.07) is 4.05. The van der Waals surface area contributed by atoms with E-state index in [1.807, 2.05) is 0 Å². The summed E-state index contributed by atoms with van der Waals surface area (Å²) in [6.45, 7) is 0.457. The van der Waals surface area contributed by atoms with Gasteiger partial charge in [0.15, 0.2) is 0 Å². The minimum atomic E-state index is -3.67. The van der Waals surface area contributed by atoms with Crippen LogP contribution < -0.4 is 4.72 Å². The summed E-state index contributed by atoms with van der Waals surface area (Å²) in [7, 11) is -3.67. The van der Waals surface area contributed by atoms with E-state index in [9.17, 15) is 13.2 Å². The predicted octanol–water partition coefficient (Wildman–Crippen LogP) is 2.62. The van der Waals surface area contributed by atoms with Crippen LogP contribution >= 0.6 is 15.9 Å². The molecule has 1 aromatic carbocycles. The first-order valence-corrected chi connectivity index (χ1v) is 9.14. The minimum Gasteiger partial charge on any atom is -0.478 e. The van der Waals surface area contributed by atoms with Crippen LogP contribution in [0.4, 0.5) is 0 Å². The maximum atomic E-state index is 12.3. The summed E-state index contributed by atoms with van der Waals surface area (Å²) < 4.78 is 27.6. The van der Waals surface area contributed by atoms with Crippen LogP contribution in [-0.4, -0.2) is 26.0 Å². The fourth-order valence-electron chi connectivity index (χ4n) is 2.74. The van der Waals surface area contributed by atoms with Crippen LogP contribution in [0.2, 0.25) is 0 Å². The van der Waals surface area contributed by atoms with Gasteiger partial charge in [0, 0.05) is 11.0 Å². The van der Waals surface area contributed by atoms with Crippen LogP contribution in [0.25, 0.3) is 0 Å². The van der Waals surface area contributed by atoms with Crippen LogP contribution in [0.5, 0.6) is 0 Å². The Morgan fingerprint density at radius 3 is 2.57 bits per heavy atom. The van der Waals surface area contributed by atoms with Gasteiger partial charge in [-0.15, -0.1) is 0 Å². The molecule has 7 heteroatoms. The largest absolute Gasteiger partial charge is 0.478 e. The lowest BCUT2D eigenvalue weighted by Crippen LogP contribution is -2.31. The van der Waals surface area contributed by atoms with E-state index in [4.69, 9.17) is 5.11 Å². The molecule has 21 heavy (non-hydrogen) atoms. The van der Waals surface area contributed by atoms with Crippen molar-refractivity contribution < 1.29 is 18.3 Å². The van der Waals surface area contributed by atoms with Gasteiger partial charge in [-0.05, 0) is 71.1 Å². The SMILES string of the molecule is O=C(O)c1cc(S(=O)(=O)NCC2(C3CC3)CC2)ccc1Br. The molecule has 0 aromatic heterocycles. The molecule has 5 nitrogen and oxygen atoms in total. The fraction of sp³-hybridized carbons (Fsp3) is 0.500. The van der Waals surface area contributed by atoms with Gasteiger partial charge in [0.25, 0.3) is 0 Å². The molecule has 2 aliphatic rings. The Kier molecular flexibility index (Phi) is 3.62. The molecule has 2 N–H and O–H groups in total. The summed E-state index contributed by atoms with van der Waals surface area (Å²) in [6.07, 6.45) is 4.56. The third kappa shape index (κ3) is 3.00. The van der Waals surface area contributed by atoms with Gasteiger partial charge in [-0.1, -0.05) is 0 Å². The van der Waals surface area contributed by atoms with Crippen molar-refractivity contribution in [2.75, 3.05) is 6.54 Å². The zero-order chi connectivity index (χ0) is 15.3. The molecule has 114 valence electrons. The van der Waals surface area contributed by atoms with E-state index < -0.39 is 16.0 Å². The first kappa shape index (κ1) is 15.0. The number of carboxylic acid groups (broad SMARTS) is 1. The van der Waals surface area contributed by atoms with Gasteiger partial charge in [-0.3, -0.25) is 0 Å². The van der Waals surface area contributed by atoms with Crippen molar-refractivity contribution in [2.45, 2.75) is 30.6 Å². The molecule has 1 aromatic rings. The van der Waals surface area contributed by atoms with Crippen LogP contribution in [0.3, 0.4) is 0 Å². The quantitative estimate of drug-likeness (QED) is 0.802. The van der Waals surface area contributed by atoms with Crippen LogP contribution in [0.1, 0.15) is 36.0 Å². The van der Waals surface area contributed by atoms with Crippen molar-refractivity contribution in [3.63, 3.8) is 0 Å². The van der Waals surface area contributed by atoms with Crippen molar-refractivity contribution in [3.05, 3.63) is 28.2 Å². The van der Waals surface area contributed by atoms with Crippen molar-refractivity contribution in [2.24, 2.45) is 11.3 Å². The number of rotatable bonds is 6. The molecule has 3 rings (SSSR count). The summed E-state index contributed by atoms with van der Waals surface area (Å²) in [5, 5.41) is 9.06. The van der Waals surface area contributed by atoms with E-state index in [0.717, 1.165) is 12.8 Å². The van der Waals surface area contributed by atoms with Gasteiger partial charge in [-0.25, -0.2) is 17.9 Å². The number of nitrogens with one attached hydrogen (secondary N) is 1. The maximum Gasteiger partial charge on any atom is 0.336 e. The maximum absolute atomic E-state index is 12.3. The zero-order valence-corrected chi connectivity index (χ0v) is 13.7. The van der Waals surface area contributed by atoms with E-state index >= 15 is 0 Å². The normalized spacial score (nSPS) is 20.2. The Bertz CT molecular complexity index is 693. The second kappa shape index (κ2) is 5.07. The summed E-state index contributed by atoms with van der Waals surface area (Å²) in [5.41, 5.74) is 0.110. The number of sulfonamides is 1. The third-order valence-corrected chi connectivity index (χ3v) is 6.52. The standard InChI is InChI=1S/C14H16BrNO4S/c15-12-4-3-10(7-11(12)13(17)18)21(19,20)16-8-14(5-6-14)9-1-2-9/h3-4,7,9,16H,1-2,5-6,8H2,(H,17,18). The lowest BCUT2D eigenvalue weighted by atomic mass is 10.0. The number of hydrogen-bond acceptors (Lipinski definition) is 3. The van der Waals surface area contributed by atoms with E-state index in [-0.39, 0.29) is 15.9 Å². The highest BCUT2D eigenvalue weighted by Gasteiger charge is 2.53. The lowest BCUT2D eigenvalue weighted by Gasteiger charge is -2.15. The number of carboxylic acids is 1. The van der Waals surface area contributed by atoms with Crippen LogP contribution in [0.15, 0.2) is 27.6 Å². The molecule has 0 saturated heterocycles. The van der Waals surface area contributed by atoms with Gasteiger partial charge in [0.1, 0.15) is 0 Å². The first-order valence-electron chi connectivity index (χ1n) is 6.87.